The first-order valence-electron chi connectivity index (χ1n) is 6.33. The Morgan fingerprint density at radius 2 is 1.68 bits per heavy atom. The van der Waals surface area contributed by atoms with Crippen LogP contribution in [0.1, 0.15) is 18.7 Å². The van der Waals surface area contributed by atoms with E-state index in [-0.39, 0.29) is 6.17 Å². The summed E-state index contributed by atoms with van der Waals surface area (Å²) in [6.45, 7) is 1.98. The van der Waals surface area contributed by atoms with Crippen LogP contribution in [0.4, 0.5) is 0 Å². The van der Waals surface area contributed by atoms with Gasteiger partial charge in [0.05, 0.1) is 4.32 Å². The highest BCUT2D eigenvalue weighted by Gasteiger charge is 2.39. The Morgan fingerprint density at radius 3 is 2.14 bits per heavy atom. The zero-order valence-electron chi connectivity index (χ0n) is 11.4. The van der Waals surface area contributed by atoms with Crippen molar-refractivity contribution in [3.8, 4) is 0 Å². The standard InChI is InChI=1S/C13H11BrCl2N6/c1-13(14,10-3-2-9(15)4-11(10)16)12(21-7-17-5-19-21)22-8-18-6-20-22/h2-8,12H,1H3. The van der Waals surface area contributed by atoms with Gasteiger partial charge in [-0.3, -0.25) is 0 Å². The van der Waals surface area contributed by atoms with Gasteiger partial charge in [0.2, 0.25) is 0 Å². The van der Waals surface area contributed by atoms with Crippen LogP contribution in [0.25, 0.3) is 0 Å². The van der Waals surface area contributed by atoms with Gasteiger partial charge in [0, 0.05) is 10.0 Å². The Hall–Kier alpha value is -1.44. The van der Waals surface area contributed by atoms with Gasteiger partial charge in [0.25, 0.3) is 0 Å². The number of aromatic nitrogens is 6. The molecule has 3 aromatic rings. The van der Waals surface area contributed by atoms with E-state index in [9.17, 15) is 0 Å². The fourth-order valence-corrected chi connectivity index (χ4v) is 3.81. The number of nitrogens with zero attached hydrogens (tertiary/aromatic N) is 6. The van der Waals surface area contributed by atoms with Crippen molar-refractivity contribution >= 4 is 39.1 Å². The van der Waals surface area contributed by atoms with Crippen LogP contribution in [0.5, 0.6) is 0 Å². The number of rotatable bonds is 4. The van der Waals surface area contributed by atoms with Crippen LogP contribution in [0.3, 0.4) is 0 Å². The van der Waals surface area contributed by atoms with Crippen LogP contribution in [0, 0.1) is 0 Å². The molecule has 0 spiro atoms. The third-order valence-electron chi connectivity index (χ3n) is 3.32. The van der Waals surface area contributed by atoms with Crippen LogP contribution in [0.2, 0.25) is 10.0 Å². The molecule has 0 saturated carbocycles. The minimum atomic E-state index is -0.615. The average Bonchev–Trinajstić information content (AvgIpc) is 3.12. The maximum atomic E-state index is 6.38. The van der Waals surface area contributed by atoms with Gasteiger partial charge in [0.15, 0.2) is 6.17 Å². The Labute approximate surface area is 145 Å². The number of halogens is 3. The number of alkyl halides is 1. The molecule has 114 valence electrons. The molecule has 6 nitrogen and oxygen atoms in total. The highest BCUT2D eigenvalue weighted by Crippen LogP contribution is 2.44. The van der Waals surface area contributed by atoms with Crippen molar-refractivity contribution in [2.24, 2.45) is 0 Å². The third-order valence-corrected chi connectivity index (χ3v) is 4.70. The van der Waals surface area contributed by atoms with E-state index in [4.69, 9.17) is 23.2 Å². The van der Waals surface area contributed by atoms with E-state index in [1.165, 1.54) is 12.7 Å². The van der Waals surface area contributed by atoms with Crippen molar-refractivity contribution < 1.29 is 0 Å². The first-order valence-corrected chi connectivity index (χ1v) is 7.87. The molecule has 0 saturated heterocycles. The zero-order valence-corrected chi connectivity index (χ0v) is 14.5. The van der Waals surface area contributed by atoms with Gasteiger partial charge in [-0.1, -0.05) is 45.2 Å². The van der Waals surface area contributed by atoms with Gasteiger partial charge in [-0.05, 0) is 24.6 Å². The molecule has 9 heteroatoms. The maximum Gasteiger partial charge on any atom is 0.165 e. The monoisotopic (exact) mass is 400 g/mol. The molecular formula is C13H11BrCl2N6. The van der Waals surface area contributed by atoms with Crippen molar-refractivity contribution in [2.75, 3.05) is 0 Å². The summed E-state index contributed by atoms with van der Waals surface area (Å²) in [6, 6.07) is 5.37. The molecule has 2 heterocycles. The quantitative estimate of drug-likeness (QED) is 0.627. The van der Waals surface area contributed by atoms with Gasteiger partial charge in [-0.2, -0.15) is 10.2 Å². The van der Waals surface area contributed by atoms with E-state index < -0.39 is 4.32 Å². The lowest BCUT2D eigenvalue weighted by Gasteiger charge is -2.33. The van der Waals surface area contributed by atoms with Crippen molar-refractivity contribution in [3.63, 3.8) is 0 Å². The Kier molecular flexibility index (Phi) is 4.20. The molecule has 0 N–H and O–H groups in total. The van der Waals surface area contributed by atoms with E-state index in [2.05, 4.69) is 36.1 Å². The summed E-state index contributed by atoms with van der Waals surface area (Å²) < 4.78 is 2.76. The van der Waals surface area contributed by atoms with Gasteiger partial charge in [-0.15, -0.1) is 0 Å². The minimum absolute atomic E-state index is 0.351. The summed E-state index contributed by atoms with van der Waals surface area (Å²) in [5.41, 5.74) is 0.856. The van der Waals surface area contributed by atoms with E-state index in [1.54, 1.807) is 34.2 Å². The summed E-state index contributed by atoms with van der Waals surface area (Å²) in [5.74, 6) is 0. The first kappa shape index (κ1) is 15.5. The SMILES string of the molecule is CC(Br)(c1ccc(Cl)cc1Cl)C(n1cncn1)n1cncn1. The van der Waals surface area contributed by atoms with E-state index in [0.717, 1.165) is 5.56 Å². The number of hydrogen-bond acceptors (Lipinski definition) is 4. The van der Waals surface area contributed by atoms with Crippen molar-refractivity contribution in [1.82, 2.24) is 29.5 Å². The zero-order chi connectivity index (χ0) is 15.7. The Bertz CT molecular complexity index is 723. The molecule has 0 fully saturated rings. The van der Waals surface area contributed by atoms with Crippen molar-refractivity contribution in [2.45, 2.75) is 17.4 Å². The smallest absolute Gasteiger partial charge is 0.165 e. The molecule has 0 bridgehead atoms. The van der Waals surface area contributed by atoms with Crippen LogP contribution in [-0.4, -0.2) is 29.5 Å². The summed E-state index contributed by atoms with van der Waals surface area (Å²) in [6.07, 6.45) is 5.83. The molecule has 2 aromatic heterocycles. The first-order chi connectivity index (χ1) is 10.5. The van der Waals surface area contributed by atoms with Crippen LogP contribution in [-0.2, 0) is 4.32 Å². The molecule has 1 atom stereocenters. The molecule has 3 rings (SSSR count). The van der Waals surface area contributed by atoms with Crippen LogP contribution >= 0.6 is 39.1 Å². The van der Waals surface area contributed by atoms with E-state index >= 15 is 0 Å². The molecule has 0 amide bonds. The van der Waals surface area contributed by atoms with Gasteiger partial charge in [0.1, 0.15) is 25.3 Å². The number of benzene rings is 1. The highest BCUT2D eigenvalue weighted by molar-refractivity contribution is 9.09. The predicted molar refractivity (Wildman–Crippen MR) is 87.2 cm³/mol. The topological polar surface area (TPSA) is 61.4 Å². The Morgan fingerprint density at radius 1 is 1.09 bits per heavy atom. The number of hydrogen-bond donors (Lipinski definition) is 0. The van der Waals surface area contributed by atoms with Crippen molar-refractivity contribution in [1.29, 1.82) is 0 Å². The van der Waals surface area contributed by atoms with Crippen LogP contribution in [0.15, 0.2) is 43.5 Å². The summed E-state index contributed by atoms with van der Waals surface area (Å²) in [7, 11) is 0. The second kappa shape index (κ2) is 5.98. The molecule has 0 aliphatic heterocycles. The summed E-state index contributed by atoms with van der Waals surface area (Å²) >= 11 is 16.1. The second-order valence-corrected chi connectivity index (χ2v) is 7.32. The average molecular weight is 402 g/mol. The largest absolute Gasteiger partial charge is 0.226 e. The fourth-order valence-electron chi connectivity index (χ4n) is 2.33. The van der Waals surface area contributed by atoms with Gasteiger partial charge < -0.3 is 0 Å². The fraction of sp³-hybridized carbons (Fsp3) is 0.231. The molecule has 0 radical (unpaired) electrons. The molecule has 0 aliphatic rings. The highest BCUT2D eigenvalue weighted by atomic mass is 79.9. The van der Waals surface area contributed by atoms with Gasteiger partial charge in [-0.25, -0.2) is 19.3 Å². The van der Waals surface area contributed by atoms with Crippen LogP contribution < -0.4 is 0 Å². The lowest BCUT2D eigenvalue weighted by atomic mass is 9.97. The van der Waals surface area contributed by atoms with E-state index in [1.807, 2.05) is 13.0 Å². The maximum absolute atomic E-state index is 6.38. The van der Waals surface area contributed by atoms with Crippen molar-refractivity contribution in [3.05, 3.63) is 59.1 Å². The lowest BCUT2D eigenvalue weighted by Crippen LogP contribution is -2.35. The van der Waals surface area contributed by atoms with E-state index in [0.29, 0.717) is 10.0 Å². The Balaban J connectivity index is 2.14. The molecule has 1 unspecified atom stereocenters. The summed E-state index contributed by atoms with van der Waals surface area (Å²) in [5, 5.41) is 9.59. The second-order valence-electron chi connectivity index (χ2n) is 4.82. The normalized spacial score (nSPS) is 14.2. The molecule has 1 aromatic carbocycles. The van der Waals surface area contributed by atoms with Gasteiger partial charge >= 0.3 is 0 Å². The third kappa shape index (κ3) is 2.76. The summed E-state index contributed by atoms with van der Waals surface area (Å²) in [4.78, 5) is 8.02. The lowest BCUT2D eigenvalue weighted by molar-refractivity contribution is 0.293. The minimum Gasteiger partial charge on any atom is -0.226 e. The molecular weight excluding hydrogens is 391 g/mol. The molecule has 0 aliphatic carbocycles. The molecule has 22 heavy (non-hydrogen) atoms. The predicted octanol–water partition coefficient (Wildman–Crippen LogP) is 3.53.